The maximum Gasteiger partial charge on any atom is 0.283 e. The highest BCUT2D eigenvalue weighted by molar-refractivity contribution is 7.16. The maximum atomic E-state index is 12.5. The summed E-state index contributed by atoms with van der Waals surface area (Å²) in [5.74, 6) is 0.716. The second-order valence-electron chi connectivity index (χ2n) is 5.94. The molecule has 2 aromatic carbocycles. The summed E-state index contributed by atoms with van der Waals surface area (Å²) in [6, 6.07) is 13.5. The zero-order valence-corrected chi connectivity index (χ0v) is 15.1. The molecule has 24 heavy (non-hydrogen) atoms. The van der Waals surface area contributed by atoms with Gasteiger partial charge in [0, 0.05) is 7.05 Å². The summed E-state index contributed by atoms with van der Waals surface area (Å²) in [5.41, 5.74) is 2.84. The van der Waals surface area contributed by atoms with Crippen molar-refractivity contribution in [1.82, 2.24) is 4.57 Å². The molecule has 0 N–H and O–H groups in total. The summed E-state index contributed by atoms with van der Waals surface area (Å²) >= 11 is 1.53. The first-order chi connectivity index (χ1) is 11.5. The van der Waals surface area contributed by atoms with Gasteiger partial charge >= 0.3 is 0 Å². The number of aryl methyl sites for hydroxylation is 1. The molecule has 3 rings (SSSR count). The molecule has 0 spiro atoms. The van der Waals surface area contributed by atoms with Gasteiger partial charge in [0.15, 0.2) is 4.80 Å². The molecule has 0 saturated carbocycles. The third-order valence-electron chi connectivity index (χ3n) is 4.03. The van der Waals surface area contributed by atoms with Crippen LogP contribution in [0.4, 0.5) is 0 Å². The topological polar surface area (TPSA) is 43.6 Å². The standard InChI is InChI=1S/C19H20N2O2S/c1-12(2)13-9-10-15-17(11-13)24-19(21(15)3)20-18(22)14-7-5-6-8-16(14)23-4/h5-12H,1-4H3. The lowest BCUT2D eigenvalue weighted by Gasteiger charge is -2.04. The van der Waals surface area contributed by atoms with Crippen LogP contribution in [0.25, 0.3) is 10.2 Å². The van der Waals surface area contributed by atoms with E-state index in [1.54, 1.807) is 19.2 Å². The second-order valence-corrected chi connectivity index (χ2v) is 6.95. The van der Waals surface area contributed by atoms with Gasteiger partial charge in [-0.1, -0.05) is 43.4 Å². The Morgan fingerprint density at radius 2 is 1.96 bits per heavy atom. The number of rotatable bonds is 3. The van der Waals surface area contributed by atoms with Gasteiger partial charge in [-0.3, -0.25) is 4.79 Å². The molecule has 0 fully saturated rings. The lowest BCUT2D eigenvalue weighted by molar-refractivity contribution is 0.0995. The molecule has 1 aromatic heterocycles. The van der Waals surface area contributed by atoms with Gasteiger partial charge < -0.3 is 9.30 Å². The van der Waals surface area contributed by atoms with Crippen molar-refractivity contribution in [2.45, 2.75) is 19.8 Å². The van der Waals surface area contributed by atoms with Gasteiger partial charge in [-0.15, -0.1) is 0 Å². The predicted molar refractivity (Wildman–Crippen MR) is 97.8 cm³/mol. The smallest absolute Gasteiger partial charge is 0.283 e. The van der Waals surface area contributed by atoms with Crippen molar-refractivity contribution in [3.8, 4) is 5.75 Å². The number of methoxy groups -OCH3 is 1. The predicted octanol–water partition coefficient (Wildman–Crippen LogP) is 4.11. The van der Waals surface area contributed by atoms with Crippen LogP contribution in [-0.4, -0.2) is 17.6 Å². The first kappa shape index (κ1) is 16.5. The van der Waals surface area contributed by atoms with Gasteiger partial charge in [-0.05, 0) is 35.7 Å². The Balaban J connectivity index is 2.10. The van der Waals surface area contributed by atoms with Crippen LogP contribution in [0.3, 0.4) is 0 Å². The lowest BCUT2D eigenvalue weighted by Crippen LogP contribution is -2.13. The maximum absolute atomic E-state index is 12.5. The number of ether oxygens (including phenoxy) is 1. The van der Waals surface area contributed by atoms with E-state index in [4.69, 9.17) is 4.74 Å². The number of nitrogens with zero attached hydrogens (tertiary/aromatic N) is 2. The summed E-state index contributed by atoms with van der Waals surface area (Å²) in [6.07, 6.45) is 0. The van der Waals surface area contributed by atoms with Crippen LogP contribution in [0.5, 0.6) is 5.75 Å². The molecule has 3 aromatic rings. The monoisotopic (exact) mass is 340 g/mol. The number of thiazole rings is 1. The third kappa shape index (κ3) is 2.99. The minimum absolute atomic E-state index is 0.293. The zero-order valence-electron chi connectivity index (χ0n) is 14.2. The largest absolute Gasteiger partial charge is 0.496 e. The first-order valence-electron chi connectivity index (χ1n) is 7.83. The van der Waals surface area contributed by atoms with E-state index in [0.717, 1.165) is 10.2 Å². The van der Waals surface area contributed by atoms with Crippen LogP contribution >= 0.6 is 11.3 Å². The van der Waals surface area contributed by atoms with Crippen LogP contribution in [0.2, 0.25) is 0 Å². The first-order valence-corrected chi connectivity index (χ1v) is 8.64. The highest BCUT2D eigenvalue weighted by Gasteiger charge is 2.12. The van der Waals surface area contributed by atoms with Crippen LogP contribution in [0, 0.1) is 0 Å². The van der Waals surface area contributed by atoms with Crippen LogP contribution in [0.1, 0.15) is 35.7 Å². The van der Waals surface area contributed by atoms with Crippen molar-refractivity contribution >= 4 is 27.5 Å². The third-order valence-corrected chi connectivity index (χ3v) is 5.13. The minimum atomic E-state index is -0.293. The van der Waals surface area contributed by atoms with E-state index >= 15 is 0 Å². The highest BCUT2D eigenvalue weighted by atomic mass is 32.1. The fourth-order valence-corrected chi connectivity index (χ4v) is 3.65. The molecular formula is C19H20N2O2S. The van der Waals surface area contributed by atoms with E-state index < -0.39 is 0 Å². The molecule has 0 unspecified atom stereocenters. The Morgan fingerprint density at radius 3 is 2.67 bits per heavy atom. The second kappa shape index (κ2) is 6.61. The number of carbonyl (C=O) groups excluding carboxylic acids is 1. The number of carbonyl (C=O) groups is 1. The number of fused-ring (bicyclic) bond motifs is 1. The Labute approximate surface area is 145 Å². The van der Waals surface area contributed by atoms with E-state index in [1.165, 1.54) is 16.9 Å². The SMILES string of the molecule is COc1ccccc1C(=O)N=c1sc2cc(C(C)C)ccc2n1C. The van der Waals surface area contributed by atoms with E-state index in [9.17, 15) is 4.79 Å². The minimum Gasteiger partial charge on any atom is -0.496 e. The Bertz CT molecular complexity index is 967. The van der Waals surface area contributed by atoms with E-state index in [0.29, 0.717) is 22.0 Å². The molecule has 0 bridgehead atoms. The van der Waals surface area contributed by atoms with E-state index in [1.807, 2.05) is 23.7 Å². The number of aromatic nitrogens is 1. The van der Waals surface area contributed by atoms with Crippen molar-refractivity contribution in [2.75, 3.05) is 7.11 Å². The fourth-order valence-electron chi connectivity index (χ4n) is 2.58. The molecule has 0 radical (unpaired) electrons. The summed E-state index contributed by atoms with van der Waals surface area (Å²) in [4.78, 5) is 17.5. The number of benzene rings is 2. The lowest BCUT2D eigenvalue weighted by atomic mass is 10.0. The van der Waals surface area contributed by atoms with Crippen molar-refractivity contribution < 1.29 is 9.53 Å². The molecule has 0 aliphatic heterocycles. The Morgan fingerprint density at radius 1 is 1.21 bits per heavy atom. The normalized spacial score (nSPS) is 12.1. The van der Waals surface area contributed by atoms with Gasteiger partial charge in [0.1, 0.15) is 5.75 Å². The van der Waals surface area contributed by atoms with Gasteiger partial charge in [-0.2, -0.15) is 4.99 Å². The van der Waals surface area contributed by atoms with Crippen molar-refractivity contribution in [3.05, 3.63) is 58.4 Å². The summed E-state index contributed by atoms with van der Waals surface area (Å²) < 4.78 is 8.34. The number of hydrogen-bond acceptors (Lipinski definition) is 3. The molecule has 0 aliphatic rings. The molecule has 0 saturated heterocycles. The molecule has 0 atom stereocenters. The zero-order chi connectivity index (χ0) is 17.3. The van der Waals surface area contributed by atoms with Crippen molar-refractivity contribution in [3.63, 3.8) is 0 Å². The highest BCUT2D eigenvalue weighted by Crippen LogP contribution is 2.23. The summed E-state index contributed by atoms with van der Waals surface area (Å²) in [7, 11) is 3.49. The number of amides is 1. The summed E-state index contributed by atoms with van der Waals surface area (Å²) in [6.45, 7) is 4.34. The Kier molecular flexibility index (Phi) is 4.53. The summed E-state index contributed by atoms with van der Waals surface area (Å²) in [5, 5.41) is 0. The number of para-hydroxylation sites is 1. The van der Waals surface area contributed by atoms with Gasteiger partial charge in [0.05, 0.1) is 22.9 Å². The van der Waals surface area contributed by atoms with Crippen molar-refractivity contribution in [2.24, 2.45) is 12.0 Å². The average Bonchev–Trinajstić information content (AvgIpc) is 2.90. The average molecular weight is 340 g/mol. The van der Waals surface area contributed by atoms with Gasteiger partial charge in [-0.25, -0.2) is 0 Å². The quantitative estimate of drug-likeness (QED) is 0.720. The van der Waals surface area contributed by atoms with E-state index in [-0.39, 0.29) is 5.91 Å². The molecule has 1 heterocycles. The van der Waals surface area contributed by atoms with E-state index in [2.05, 4.69) is 37.0 Å². The molecular weight excluding hydrogens is 320 g/mol. The van der Waals surface area contributed by atoms with Crippen molar-refractivity contribution in [1.29, 1.82) is 0 Å². The van der Waals surface area contributed by atoms with Gasteiger partial charge in [0.2, 0.25) is 0 Å². The fraction of sp³-hybridized carbons (Fsp3) is 0.263. The number of hydrogen-bond donors (Lipinski definition) is 0. The molecule has 4 nitrogen and oxygen atoms in total. The molecule has 124 valence electrons. The van der Waals surface area contributed by atoms with Crippen LogP contribution in [0.15, 0.2) is 47.5 Å². The molecule has 0 aliphatic carbocycles. The van der Waals surface area contributed by atoms with Gasteiger partial charge in [0.25, 0.3) is 5.91 Å². The molecule has 5 heteroatoms. The van der Waals surface area contributed by atoms with Crippen LogP contribution < -0.4 is 9.54 Å². The Hall–Kier alpha value is -2.40. The molecule has 1 amide bonds. The van der Waals surface area contributed by atoms with Crippen LogP contribution in [-0.2, 0) is 7.05 Å².